The smallest absolute Gasteiger partial charge is 0.248 e. The molecular weight excluding hydrogens is 235 g/mol. The van der Waals surface area contributed by atoms with Gasteiger partial charge in [0.1, 0.15) is 5.82 Å². The standard InChI is InChI=1S/C13H19FN2O2/c1-7-11(14)5-10(13(15)17)6-12(7)16-8(2)9(3)18-4/h5-6,8-9,16H,1-4H3,(H2,15,17). The first-order chi connectivity index (χ1) is 8.36. The van der Waals surface area contributed by atoms with Crippen LogP contribution in [0.25, 0.3) is 0 Å². The lowest BCUT2D eigenvalue weighted by atomic mass is 10.1. The second-order valence-electron chi connectivity index (χ2n) is 4.37. The van der Waals surface area contributed by atoms with Crippen LogP contribution < -0.4 is 11.1 Å². The van der Waals surface area contributed by atoms with E-state index in [-0.39, 0.29) is 17.7 Å². The van der Waals surface area contributed by atoms with E-state index in [1.807, 2.05) is 13.8 Å². The first-order valence-electron chi connectivity index (χ1n) is 5.76. The monoisotopic (exact) mass is 254 g/mol. The molecule has 100 valence electrons. The number of halogens is 1. The van der Waals surface area contributed by atoms with Crippen molar-refractivity contribution in [1.29, 1.82) is 0 Å². The highest BCUT2D eigenvalue weighted by atomic mass is 19.1. The predicted octanol–water partition coefficient (Wildman–Crippen LogP) is 2.07. The molecule has 2 atom stereocenters. The molecule has 0 spiro atoms. The van der Waals surface area contributed by atoms with Crippen molar-refractivity contribution in [3.63, 3.8) is 0 Å². The van der Waals surface area contributed by atoms with Gasteiger partial charge in [-0.05, 0) is 32.9 Å². The van der Waals surface area contributed by atoms with Crippen LogP contribution in [0.4, 0.5) is 10.1 Å². The number of amides is 1. The number of methoxy groups -OCH3 is 1. The van der Waals surface area contributed by atoms with Crippen molar-refractivity contribution in [3.8, 4) is 0 Å². The molecule has 1 aromatic rings. The van der Waals surface area contributed by atoms with Gasteiger partial charge < -0.3 is 15.8 Å². The van der Waals surface area contributed by atoms with Crippen molar-refractivity contribution in [2.24, 2.45) is 5.73 Å². The Bertz CT molecular complexity index is 449. The van der Waals surface area contributed by atoms with E-state index in [4.69, 9.17) is 10.5 Å². The molecule has 3 N–H and O–H groups in total. The van der Waals surface area contributed by atoms with E-state index in [2.05, 4.69) is 5.32 Å². The molecule has 1 rings (SSSR count). The van der Waals surface area contributed by atoms with Crippen molar-refractivity contribution in [2.75, 3.05) is 12.4 Å². The first kappa shape index (κ1) is 14.4. The molecule has 18 heavy (non-hydrogen) atoms. The van der Waals surface area contributed by atoms with E-state index in [9.17, 15) is 9.18 Å². The Morgan fingerprint density at radius 2 is 2.06 bits per heavy atom. The minimum absolute atomic E-state index is 0.0174. The number of anilines is 1. The summed E-state index contributed by atoms with van der Waals surface area (Å²) in [4.78, 5) is 11.1. The van der Waals surface area contributed by atoms with Crippen molar-refractivity contribution < 1.29 is 13.9 Å². The van der Waals surface area contributed by atoms with Crippen molar-refractivity contribution in [1.82, 2.24) is 0 Å². The quantitative estimate of drug-likeness (QED) is 0.845. The van der Waals surface area contributed by atoms with Crippen molar-refractivity contribution in [3.05, 3.63) is 29.1 Å². The zero-order valence-corrected chi connectivity index (χ0v) is 11.1. The van der Waals surface area contributed by atoms with Gasteiger partial charge in [-0.2, -0.15) is 0 Å². The van der Waals surface area contributed by atoms with E-state index in [1.54, 1.807) is 20.1 Å². The fraction of sp³-hybridized carbons (Fsp3) is 0.462. The average Bonchev–Trinajstić information content (AvgIpc) is 2.33. The normalized spacial score (nSPS) is 14.1. The Kier molecular flexibility index (Phi) is 4.67. The van der Waals surface area contributed by atoms with Crippen LogP contribution in [-0.2, 0) is 4.74 Å². The highest BCUT2D eigenvalue weighted by Gasteiger charge is 2.15. The molecule has 0 aliphatic carbocycles. The highest BCUT2D eigenvalue weighted by molar-refractivity contribution is 5.94. The Hall–Kier alpha value is -1.62. The summed E-state index contributed by atoms with van der Waals surface area (Å²) in [5.41, 5.74) is 6.32. The lowest BCUT2D eigenvalue weighted by Crippen LogP contribution is -2.30. The Morgan fingerprint density at radius 1 is 1.44 bits per heavy atom. The van der Waals surface area contributed by atoms with E-state index < -0.39 is 11.7 Å². The number of benzene rings is 1. The summed E-state index contributed by atoms with van der Waals surface area (Å²) >= 11 is 0. The molecule has 0 bridgehead atoms. The summed E-state index contributed by atoms with van der Waals surface area (Å²) in [7, 11) is 1.61. The molecule has 0 fully saturated rings. The van der Waals surface area contributed by atoms with Crippen molar-refractivity contribution >= 4 is 11.6 Å². The van der Waals surface area contributed by atoms with Gasteiger partial charge in [0, 0.05) is 30.0 Å². The lowest BCUT2D eigenvalue weighted by Gasteiger charge is -2.22. The fourth-order valence-corrected chi connectivity index (χ4v) is 1.54. The first-order valence-corrected chi connectivity index (χ1v) is 5.76. The summed E-state index contributed by atoms with van der Waals surface area (Å²) in [6.07, 6.45) is -0.0373. The Labute approximate surface area is 106 Å². The fourth-order valence-electron chi connectivity index (χ4n) is 1.54. The zero-order chi connectivity index (χ0) is 13.9. The summed E-state index contributed by atoms with van der Waals surface area (Å²) in [5, 5.41) is 3.12. The average molecular weight is 254 g/mol. The van der Waals surface area contributed by atoms with Gasteiger partial charge in [0.15, 0.2) is 0 Å². The van der Waals surface area contributed by atoms with Gasteiger partial charge in [0.25, 0.3) is 0 Å². The molecular formula is C13H19FN2O2. The van der Waals surface area contributed by atoms with Gasteiger partial charge in [0.2, 0.25) is 5.91 Å². The van der Waals surface area contributed by atoms with Crippen LogP contribution in [0.15, 0.2) is 12.1 Å². The summed E-state index contributed by atoms with van der Waals surface area (Å²) < 4.78 is 18.8. The van der Waals surface area contributed by atoms with Crippen LogP contribution >= 0.6 is 0 Å². The number of hydrogen-bond donors (Lipinski definition) is 2. The maximum absolute atomic E-state index is 13.7. The zero-order valence-electron chi connectivity index (χ0n) is 11.1. The van der Waals surface area contributed by atoms with Gasteiger partial charge in [-0.1, -0.05) is 0 Å². The van der Waals surface area contributed by atoms with Crippen LogP contribution in [0.2, 0.25) is 0 Å². The van der Waals surface area contributed by atoms with Crippen LogP contribution in [0.1, 0.15) is 29.8 Å². The second-order valence-corrected chi connectivity index (χ2v) is 4.37. The highest BCUT2D eigenvalue weighted by Crippen LogP contribution is 2.22. The lowest BCUT2D eigenvalue weighted by molar-refractivity contribution is 0.1000. The topological polar surface area (TPSA) is 64.3 Å². The third-order valence-corrected chi connectivity index (χ3v) is 3.09. The van der Waals surface area contributed by atoms with E-state index >= 15 is 0 Å². The second kappa shape index (κ2) is 5.82. The number of hydrogen-bond acceptors (Lipinski definition) is 3. The van der Waals surface area contributed by atoms with Crippen LogP contribution in [0, 0.1) is 12.7 Å². The molecule has 0 aliphatic rings. The molecule has 1 aromatic carbocycles. The van der Waals surface area contributed by atoms with Crippen LogP contribution in [-0.4, -0.2) is 25.2 Å². The Balaban J connectivity index is 3.04. The van der Waals surface area contributed by atoms with Gasteiger partial charge >= 0.3 is 0 Å². The third kappa shape index (κ3) is 3.20. The third-order valence-electron chi connectivity index (χ3n) is 3.09. The van der Waals surface area contributed by atoms with Crippen molar-refractivity contribution in [2.45, 2.75) is 32.9 Å². The maximum atomic E-state index is 13.7. The molecule has 0 aliphatic heterocycles. The summed E-state index contributed by atoms with van der Waals surface area (Å²) in [6.45, 7) is 5.47. The number of ether oxygens (including phenoxy) is 1. The van der Waals surface area contributed by atoms with Crippen LogP contribution in [0.5, 0.6) is 0 Å². The predicted molar refractivity (Wildman–Crippen MR) is 69.2 cm³/mol. The summed E-state index contributed by atoms with van der Waals surface area (Å²) in [5.74, 6) is -1.10. The number of carbonyl (C=O) groups is 1. The number of nitrogens with one attached hydrogen (secondary N) is 1. The van der Waals surface area contributed by atoms with E-state index in [1.165, 1.54) is 0 Å². The van der Waals surface area contributed by atoms with Gasteiger partial charge in [-0.3, -0.25) is 4.79 Å². The molecule has 0 saturated carbocycles. The SMILES string of the molecule is COC(C)C(C)Nc1cc(C(N)=O)cc(F)c1C. The van der Waals surface area contributed by atoms with E-state index in [0.29, 0.717) is 11.3 Å². The molecule has 0 heterocycles. The number of nitrogens with two attached hydrogens (primary N) is 1. The molecule has 1 amide bonds. The van der Waals surface area contributed by atoms with Gasteiger partial charge in [-0.25, -0.2) is 4.39 Å². The number of primary amides is 1. The summed E-state index contributed by atoms with van der Waals surface area (Å²) in [6, 6.07) is 2.68. The van der Waals surface area contributed by atoms with Gasteiger partial charge in [-0.15, -0.1) is 0 Å². The van der Waals surface area contributed by atoms with Gasteiger partial charge in [0.05, 0.1) is 6.10 Å². The van der Waals surface area contributed by atoms with Crippen LogP contribution in [0.3, 0.4) is 0 Å². The molecule has 2 unspecified atom stereocenters. The Morgan fingerprint density at radius 3 is 2.56 bits per heavy atom. The molecule has 0 saturated heterocycles. The molecule has 0 radical (unpaired) electrons. The molecule has 0 aromatic heterocycles. The number of rotatable bonds is 5. The largest absolute Gasteiger partial charge is 0.380 e. The minimum atomic E-state index is -0.649. The molecule has 4 nitrogen and oxygen atoms in total. The maximum Gasteiger partial charge on any atom is 0.248 e. The van der Waals surface area contributed by atoms with E-state index in [0.717, 1.165) is 6.07 Å². The minimum Gasteiger partial charge on any atom is -0.380 e. The molecule has 5 heteroatoms. The number of carbonyl (C=O) groups excluding carboxylic acids is 1.